The molecule has 1 aliphatic heterocycles. The minimum absolute atomic E-state index is 0.274. The van der Waals surface area contributed by atoms with Crippen LogP contribution in [0.15, 0.2) is 45.9 Å². The van der Waals surface area contributed by atoms with E-state index in [1.54, 1.807) is 6.07 Å². The van der Waals surface area contributed by atoms with Crippen molar-refractivity contribution in [3.63, 3.8) is 0 Å². The van der Waals surface area contributed by atoms with Gasteiger partial charge >= 0.3 is 5.88 Å². The number of nitro groups is 1. The van der Waals surface area contributed by atoms with E-state index in [0.29, 0.717) is 5.76 Å². The molecule has 0 spiro atoms. The number of hydrazone groups is 1. The molecular weight excluding hydrogens is 332 g/mol. The second-order valence-electron chi connectivity index (χ2n) is 5.53. The molecule has 1 fully saturated rings. The topological polar surface area (TPSA) is 75.1 Å². The summed E-state index contributed by atoms with van der Waals surface area (Å²) in [4.78, 5) is 12.4. The normalized spacial score (nSPS) is 16.0. The van der Waals surface area contributed by atoms with E-state index in [9.17, 15) is 10.1 Å². The lowest BCUT2D eigenvalue weighted by molar-refractivity contribution is -0.402. The zero-order valence-electron chi connectivity index (χ0n) is 13.0. The van der Waals surface area contributed by atoms with Crippen molar-refractivity contribution < 1.29 is 9.34 Å². The number of hydrogen-bond acceptors (Lipinski definition) is 6. The fourth-order valence-electron chi connectivity index (χ4n) is 2.51. The zero-order valence-corrected chi connectivity index (χ0v) is 13.7. The van der Waals surface area contributed by atoms with Crippen molar-refractivity contribution in [2.45, 2.75) is 6.54 Å². The average Bonchev–Trinajstić information content (AvgIpc) is 3.06. The Labute approximate surface area is 144 Å². The van der Waals surface area contributed by atoms with Gasteiger partial charge in [-0.05, 0) is 23.8 Å². The van der Waals surface area contributed by atoms with Crippen LogP contribution in [0.4, 0.5) is 5.88 Å². The molecule has 0 bridgehead atoms. The Balaban J connectivity index is 1.48. The van der Waals surface area contributed by atoms with Crippen LogP contribution in [0.25, 0.3) is 0 Å². The molecule has 2 heterocycles. The van der Waals surface area contributed by atoms with E-state index in [0.717, 1.165) is 37.7 Å². The van der Waals surface area contributed by atoms with Gasteiger partial charge in [-0.15, -0.1) is 0 Å². The highest BCUT2D eigenvalue weighted by atomic mass is 35.5. The second kappa shape index (κ2) is 7.46. The third-order valence-electron chi connectivity index (χ3n) is 3.81. The smallest absolute Gasteiger partial charge is 0.400 e. The molecule has 0 atom stereocenters. The van der Waals surface area contributed by atoms with E-state index in [2.05, 4.69) is 10.0 Å². The molecule has 1 saturated heterocycles. The molecule has 7 nitrogen and oxygen atoms in total. The second-order valence-corrected chi connectivity index (χ2v) is 5.97. The summed E-state index contributed by atoms with van der Waals surface area (Å²) in [5, 5.41) is 17.6. The first-order chi connectivity index (χ1) is 11.6. The van der Waals surface area contributed by atoms with Gasteiger partial charge in [0.2, 0.25) is 0 Å². The van der Waals surface area contributed by atoms with Gasteiger partial charge in [-0.2, -0.15) is 5.10 Å². The van der Waals surface area contributed by atoms with Crippen LogP contribution in [0, 0.1) is 10.1 Å². The summed E-state index contributed by atoms with van der Waals surface area (Å²) in [6.45, 7) is 4.29. The van der Waals surface area contributed by atoms with Crippen LogP contribution in [-0.2, 0) is 6.54 Å². The highest BCUT2D eigenvalue weighted by Gasteiger charge is 2.16. The van der Waals surface area contributed by atoms with Crippen molar-refractivity contribution in [2.75, 3.05) is 26.2 Å². The molecule has 1 aromatic heterocycles. The van der Waals surface area contributed by atoms with Crippen LogP contribution in [0.5, 0.6) is 0 Å². The third kappa shape index (κ3) is 4.33. The number of halogens is 1. The monoisotopic (exact) mass is 348 g/mol. The molecular formula is C16H17ClN4O3. The number of hydrogen-bond donors (Lipinski definition) is 0. The Morgan fingerprint density at radius 3 is 2.50 bits per heavy atom. The molecule has 0 aliphatic carbocycles. The predicted octanol–water partition coefficient (Wildman–Crippen LogP) is 2.99. The lowest BCUT2D eigenvalue weighted by atomic mass is 10.2. The van der Waals surface area contributed by atoms with Gasteiger partial charge in [0.05, 0.1) is 12.3 Å². The Hall–Kier alpha value is -2.38. The van der Waals surface area contributed by atoms with Crippen LogP contribution in [-0.4, -0.2) is 47.2 Å². The molecule has 3 rings (SSSR count). The van der Waals surface area contributed by atoms with Crippen molar-refractivity contribution in [3.8, 4) is 0 Å². The lowest BCUT2D eigenvalue weighted by Gasteiger charge is -2.32. The van der Waals surface area contributed by atoms with E-state index >= 15 is 0 Å². The van der Waals surface area contributed by atoms with Crippen molar-refractivity contribution in [3.05, 3.63) is 62.9 Å². The van der Waals surface area contributed by atoms with Gasteiger partial charge in [0.25, 0.3) is 0 Å². The summed E-state index contributed by atoms with van der Waals surface area (Å²) in [5.41, 5.74) is 1.24. The average molecular weight is 349 g/mol. The number of furan rings is 1. The summed E-state index contributed by atoms with van der Waals surface area (Å²) < 4.78 is 5.05. The molecule has 0 unspecified atom stereocenters. The molecule has 24 heavy (non-hydrogen) atoms. The van der Waals surface area contributed by atoms with Crippen molar-refractivity contribution in [1.82, 2.24) is 9.91 Å². The van der Waals surface area contributed by atoms with E-state index in [1.165, 1.54) is 17.8 Å². The van der Waals surface area contributed by atoms with Gasteiger partial charge in [0, 0.05) is 37.7 Å². The van der Waals surface area contributed by atoms with E-state index in [-0.39, 0.29) is 5.88 Å². The molecule has 0 radical (unpaired) electrons. The summed E-state index contributed by atoms with van der Waals surface area (Å²) in [6.07, 6.45) is 1.52. The highest BCUT2D eigenvalue weighted by Crippen LogP contribution is 2.15. The fourth-order valence-corrected chi connectivity index (χ4v) is 2.63. The highest BCUT2D eigenvalue weighted by molar-refractivity contribution is 6.30. The first-order valence-electron chi connectivity index (χ1n) is 7.60. The molecule has 126 valence electrons. The maximum Gasteiger partial charge on any atom is 0.433 e. The summed E-state index contributed by atoms with van der Waals surface area (Å²) >= 11 is 5.90. The molecule has 1 aromatic carbocycles. The lowest BCUT2D eigenvalue weighted by Crippen LogP contribution is -2.43. The molecule has 1 aliphatic rings. The minimum Gasteiger partial charge on any atom is -0.400 e. The molecule has 0 saturated carbocycles. The van der Waals surface area contributed by atoms with Gasteiger partial charge in [-0.3, -0.25) is 20.0 Å². The first-order valence-corrected chi connectivity index (χ1v) is 7.98. The minimum atomic E-state index is -0.563. The molecule has 0 N–H and O–H groups in total. The zero-order chi connectivity index (χ0) is 16.9. The fraction of sp³-hybridized carbons (Fsp3) is 0.312. The SMILES string of the molecule is O=[N+]([O-])c1ccc(/C=N\N2CCN(Cc3ccc(Cl)cc3)CC2)o1. The Morgan fingerprint density at radius 2 is 1.88 bits per heavy atom. The van der Waals surface area contributed by atoms with E-state index < -0.39 is 4.92 Å². The molecule has 8 heteroatoms. The largest absolute Gasteiger partial charge is 0.433 e. The van der Waals surface area contributed by atoms with E-state index in [1.807, 2.05) is 29.3 Å². The quantitative estimate of drug-likeness (QED) is 0.471. The third-order valence-corrected chi connectivity index (χ3v) is 4.06. The maximum atomic E-state index is 10.6. The standard InChI is InChI=1S/C16H17ClN4O3/c17-14-3-1-13(2-4-14)12-19-7-9-20(10-8-19)18-11-15-5-6-16(24-15)21(22)23/h1-6,11H,7-10,12H2/b18-11-. The van der Waals surface area contributed by atoms with Crippen molar-refractivity contribution >= 4 is 23.7 Å². The summed E-state index contributed by atoms with van der Waals surface area (Å²) in [5.74, 6) is 0.106. The van der Waals surface area contributed by atoms with Gasteiger partial charge in [-0.25, -0.2) is 0 Å². The van der Waals surface area contributed by atoms with Gasteiger partial charge in [0.1, 0.15) is 4.92 Å². The summed E-state index contributed by atoms with van der Waals surface area (Å²) in [7, 11) is 0. The van der Waals surface area contributed by atoms with Crippen LogP contribution in [0.2, 0.25) is 5.02 Å². The van der Waals surface area contributed by atoms with Gasteiger partial charge < -0.3 is 4.42 Å². The van der Waals surface area contributed by atoms with Crippen LogP contribution < -0.4 is 0 Å². The summed E-state index contributed by atoms with van der Waals surface area (Å²) in [6, 6.07) is 10.7. The Bertz CT molecular complexity index is 721. The van der Waals surface area contributed by atoms with Crippen LogP contribution in [0.1, 0.15) is 11.3 Å². The number of rotatable bonds is 5. The van der Waals surface area contributed by atoms with Crippen molar-refractivity contribution in [1.29, 1.82) is 0 Å². The predicted molar refractivity (Wildman–Crippen MR) is 91.3 cm³/mol. The number of nitrogens with zero attached hydrogens (tertiary/aromatic N) is 4. The number of piperazine rings is 1. The Kier molecular flexibility index (Phi) is 5.12. The molecule has 0 amide bonds. The van der Waals surface area contributed by atoms with Gasteiger partial charge in [0.15, 0.2) is 5.76 Å². The maximum absolute atomic E-state index is 10.6. The van der Waals surface area contributed by atoms with Crippen molar-refractivity contribution in [2.24, 2.45) is 5.10 Å². The number of benzene rings is 1. The first kappa shape index (κ1) is 16.5. The van der Waals surface area contributed by atoms with Gasteiger partial charge in [-0.1, -0.05) is 23.7 Å². The van der Waals surface area contributed by atoms with E-state index in [4.69, 9.17) is 16.0 Å². The molecule has 2 aromatic rings. The van der Waals surface area contributed by atoms with Crippen LogP contribution >= 0.6 is 11.6 Å². The van der Waals surface area contributed by atoms with Crippen LogP contribution in [0.3, 0.4) is 0 Å². The Morgan fingerprint density at radius 1 is 1.17 bits per heavy atom.